The Morgan fingerprint density at radius 1 is 1.29 bits per heavy atom. The van der Waals surface area contributed by atoms with Crippen molar-refractivity contribution in [3.8, 4) is 0 Å². The smallest absolute Gasteiger partial charge is 0.311 e. The maximum atomic E-state index is 12.6. The van der Waals surface area contributed by atoms with Crippen LogP contribution >= 0.6 is 0 Å². The van der Waals surface area contributed by atoms with Crippen molar-refractivity contribution in [3.63, 3.8) is 0 Å². The third-order valence-corrected chi connectivity index (χ3v) is 4.90. The van der Waals surface area contributed by atoms with Crippen LogP contribution in [0.3, 0.4) is 0 Å². The molecule has 2 aliphatic heterocycles. The Bertz CT molecular complexity index is 707. The zero-order valence-electron chi connectivity index (χ0n) is 13.6. The molecule has 24 heavy (non-hydrogen) atoms. The van der Waals surface area contributed by atoms with Crippen LogP contribution in [0.1, 0.15) is 35.7 Å². The predicted molar refractivity (Wildman–Crippen MR) is 88.1 cm³/mol. The van der Waals surface area contributed by atoms with Crippen molar-refractivity contribution in [1.29, 1.82) is 0 Å². The second kappa shape index (κ2) is 5.78. The third-order valence-electron chi connectivity index (χ3n) is 4.90. The van der Waals surface area contributed by atoms with Gasteiger partial charge in [0, 0.05) is 29.9 Å². The molecule has 1 atom stereocenters. The number of rotatable bonds is 3. The number of likely N-dealkylation sites (tertiary alicyclic amines) is 1. The summed E-state index contributed by atoms with van der Waals surface area (Å²) in [4.78, 5) is 39.4. The molecule has 1 fully saturated rings. The van der Waals surface area contributed by atoms with Crippen LogP contribution in [0.25, 0.3) is 5.70 Å². The van der Waals surface area contributed by atoms with E-state index in [9.17, 15) is 19.5 Å². The van der Waals surface area contributed by atoms with Gasteiger partial charge in [-0.1, -0.05) is 24.8 Å². The summed E-state index contributed by atoms with van der Waals surface area (Å²) in [7, 11) is 0. The minimum absolute atomic E-state index is 0.109. The summed E-state index contributed by atoms with van der Waals surface area (Å²) in [5, 5.41) is 9.37. The van der Waals surface area contributed by atoms with Crippen LogP contribution in [0.5, 0.6) is 0 Å². The Morgan fingerprint density at radius 2 is 1.96 bits per heavy atom. The SMILES string of the molecule is C=C1c2ccccc2C(=O)N1CC(=O)N1CCCC(C)(C(=O)O)C1. The normalized spacial score (nSPS) is 23.4. The number of aliphatic carboxylic acids is 1. The topological polar surface area (TPSA) is 77.9 Å². The van der Waals surface area contributed by atoms with Crippen molar-refractivity contribution in [2.75, 3.05) is 19.6 Å². The summed E-state index contributed by atoms with van der Waals surface area (Å²) in [6.07, 6.45) is 1.19. The highest BCUT2D eigenvalue weighted by atomic mass is 16.4. The number of carboxylic acids is 1. The molecular formula is C18H20N2O4. The zero-order valence-corrected chi connectivity index (χ0v) is 13.6. The van der Waals surface area contributed by atoms with Crippen molar-refractivity contribution in [2.45, 2.75) is 19.8 Å². The number of hydrogen-bond donors (Lipinski definition) is 1. The number of benzene rings is 1. The summed E-state index contributed by atoms with van der Waals surface area (Å²) in [6, 6.07) is 7.13. The van der Waals surface area contributed by atoms with Gasteiger partial charge in [-0.15, -0.1) is 0 Å². The average Bonchev–Trinajstić information content (AvgIpc) is 2.80. The number of carbonyl (C=O) groups excluding carboxylic acids is 2. The number of piperidine rings is 1. The Morgan fingerprint density at radius 3 is 2.58 bits per heavy atom. The van der Waals surface area contributed by atoms with E-state index in [0.717, 1.165) is 5.56 Å². The van der Waals surface area contributed by atoms with E-state index in [2.05, 4.69) is 6.58 Å². The number of amides is 2. The largest absolute Gasteiger partial charge is 0.481 e. The van der Waals surface area contributed by atoms with Gasteiger partial charge in [-0.05, 0) is 25.8 Å². The van der Waals surface area contributed by atoms with Crippen LogP contribution in [0, 0.1) is 5.41 Å². The lowest BCUT2D eigenvalue weighted by Gasteiger charge is -2.38. The van der Waals surface area contributed by atoms with E-state index >= 15 is 0 Å². The molecule has 2 heterocycles. The highest BCUT2D eigenvalue weighted by Crippen LogP contribution is 2.32. The van der Waals surface area contributed by atoms with E-state index in [4.69, 9.17) is 0 Å². The molecule has 6 heteroatoms. The van der Waals surface area contributed by atoms with E-state index in [1.165, 1.54) is 4.90 Å². The fraction of sp³-hybridized carbons (Fsp3) is 0.389. The van der Waals surface area contributed by atoms with Gasteiger partial charge in [-0.25, -0.2) is 0 Å². The van der Waals surface area contributed by atoms with Gasteiger partial charge in [0.05, 0.1) is 5.41 Å². The first-order valence-electron chi connectivity index (χ1n) is 7.95. The monoisotopic (exact) mass is 328 g/mol. The molecule has 1 saturated heterocycles. The van der Waals surface area contributed by atoms with Crippen LogP contribution in [0.15, 0.2) is 30.8 Å². The number of hydrogen-bond acceptors (Lipinski definition) is 3. The number of carboxylic acid groups (broad SMARTS) is 1. The maximum Gasteiger partial charge on any atom is 0.311 e. The summed E-state index contributed by atoms with van der Waals surface area (Å²) >= 11 is 0. The van der Waals surface area contributed by atoms with E-state index in [-0.39, 0.29) is 24.9 Å². The minimum Gasteiger partial charge on any atom is -0.481 e. The predicted octanol–water partition coefficient (Wildman–Crippen LogP) is 1.83. The number of fused-ring (bicyclic) bond motifs is 1. The fourth-order valence-electron chi connectivity index (χ4n) is 3.36. The molecule has 0 saturated carbocycles. The molecule has 126 valence electrons. The van der Waals surface area contributed by atoms with Gasteiger partial charge >= 0.3 is 5.97 Å². The summed E-state index contributed by atoms with van der Waals surface area (Å²) in [6.45, 7) is 6.16. The van der Waals surface area contributed by atoms with Crippen molar-refractivity contribution in [1.82, 2.24) is 9.80 Å². The highest BCUT2D eigenvalue weighted by molar-refractivity contribution is 6.10. The van der Waals surface area contributed by atoms with Gasteiger partial charge < -0.3 is 10.0 Å². The van der Waals surface area contributed by atoms with Gasteiger partial charge in [-0.3, -0.25) is 19.3 Å². The third kappa shape index (κ3) is 2.58. The summed E-state index contributed by atoms with van der Waals surface area (Å²) in [5.41, 5.74) is 0.874. The van der Waals surface area contributed by atoms with Crippen molar-refractivity contribution >= 4 is 23.5 Å². The standard InChI is InChI=1S/C18H20N2O4/c1-12-13-6-3-4-7-14(13)16(22)20(12)10-15(21)19-9-5-8-18(2,11-19)17(23)24/h3-4,6-7H,1,5,8-11H2,2H3,(H,23,24). The Balaban J connectivity index is 1.73. The molecule has 0 aromatic heterocycles. The number of carbonyl (C=O) groups is 3. The van der Waals surface area contributed by atoms with Crippen LogP contribution in [-0.2, 0) is 9.59 Å². The van der Waals surface area contributed by atoms with E-state index in [1.54, 1.807) is 24.0 Å². The second-order valence-electron chi connectivity index (χ2n) is 6.67. The Hall–Kier alpha value is -2.63. The highest BCUT2D eigenvalue weighted by Gasteiger charge is 2.40. The van der Waals surface area contributed by atoms with Crippen LogP contribution < -0.4 is 0 Å². The zero-order chi connectivity index (χ0) is 17.5. The first kappa shape index (κ1) is 16.2. The molecule has 2 aliphatic rings. The van der Waals surface area contributed by atoms with Gasteiger partial charge in [0.2, 0.25) is 5.91 Å². The summed E-state index contributed by atoms with van der Waals surface area (Å²) < 4.78 is 0. The molecule has 2 amide bonds. The quantitative estimate of drug-likeness (QED) is 0.918. The molecule has 3 rings (SSSR count). The molecule has 0 aliphatic carbocycles. The van der Waals surface area contributed by atoms with Gasteiger partial charge in [-0.2, -0.15) is 0 Å². The molecule has 1 unspecified atom stereocenters. The van der Waals surface area contributed by atoms with Crippen LogP contribution in [-0.4, -0.2) is 52.3 Å². The maximum absolute atomic E-state index is 12.6. The fourth-order valence-corrected chi connectivity index (χ4v) is 3.36. The van der Waals surface area contributed by atoms with E-state index in [1.807, 2.05) is 12.1 Å². The molecular weight excluding hydrogens is 308 g/mol. The Kier molecular flexibility index (Phi) is 3.91. The van der Waals surface area contributed by atoms with Gasteiger partial charge in [0.15, 0.2) is 0 Å². The minimum atomic E-state index is -0.928. The van der Waals surface area contributed by atoms with Gasteiger partial charge in [0.25, 0.3) is 5.91 Å². The Labute approximate surface area is 140 Å². The first-order valence-corrected chi connectivity index (χ1v) is 7.95. The molecule has 1 aromatic rings. The molecule has 0 radical (unpaired) electrons. The van der Waals surface area contributed by atoms with E-state index in [0.29, 0.717) is 30.6 Å². The lowest BCUT2D eigenvalue weighted by atomic mass is 9.82. The lowest BCUT2D eigenvalue weighted by Crippen LogP contribution is -2.50. The van der Waals surface area contributed by atoms with Crippen molar-refractivity contribution in [2.24, 2.45) is 5.41 Å². The average molecular weight is 328 g/mol. The lowest BCUT2D eigenvalue weighted by molar-refractivity contribution is -0.153. The second-order valence-corrected chi connectivity index (χ2v) is 6.67. The van der Waals surface area contributed by atoms with Crippen LogP contribution in [0.4, 0.5) is 0 Å². The number of nitrogens with zero attached hydrogens (tertiary/aromatic N) is 2. The van der Waals surface area contributed by atoms with Crippen molar-refractivity contribution in [3.05, 3.63) is 42.0 Å². The van der Waals surface area contributed by atoms with Crippen LogP contribution in [0.2, 0.25) is 0 Å². The molecule has 6 nitrogen and oxygen atoms in total. The molecule has 0 bridgehead atoms. The molecule has 1 N–H and O–H groups in total. The van der Waals surface area contributed by atoms with Gasteiger partial charge in [0.1, 0.15) is 6.54 Å². The van der Waals surface area contributed by atoms with Crippen molar-refractivity contribution < 1.29 is 19.5 Å². The first-order chi connectivity index (χ1) is 11.3. The summed E-state index contributed by atoms with van der Waals surface area (Å²) in [5.74, 6) is -1.37. The molecule has 1 aromatic carbocycles. The molecule has 0 spiro atoms. The van der Waals surface area contributed by atoms with E-state index < -0.39 is 11.4 Å².